The Kier molecular flexibility index (Phi) is 5.14. The number of thioether (sulfide) groups is 1. The van der Waals surface area contributed by atoms with E-state index in [9.17, 15) is 0 Å². The molecule has 1 aromatic rings. The maximum Gasteiger partial charge on any atom is 0.203 e. The number of hydrogen-bond acceptors (Lipinski definition) is 5. The summed E-state index contributed by atoms with van der Waals surface area (Å²) in [6.45, 7) is 3.09. The Bertz CT molecular complexity index is 458. The van der Waals surface area contributed by atoms with Crippen molar-refractivity contribution in [3.8, 4) is 17.2 Å². The predicted octanol–water partition coefficient (Wildman–Crippen LogP) is 2.84. The summed E-state index contributed by atoms with van der Waals surface area (Å²) in [5.41, 5.74) is 1.18. The molecule has 5 heteroatoms. The molecule has 1 N–H and O–H groups in total. The molecule has 0 spiro atoms. The second-order valence-electron chi connectivity index (χ2n) is 5.44. The molecule has 1 saturated heterocycles. The SMILES string of the molecule is COc1cc(CNCC2CCCCS2)cc2c1OCCO2. The second kappa shape index (κ2) is 7.27. The Hall–Kier alpha value is -1.07. The van der Waals surface area contributed by atoms with Crippen LogP contribution in [-0.4, -0.2) is 37.9 Å². The van der Waals surface area contributed by atoms with Crippen LogP contribution in [0.5, 0.6) is 17.2 Å². The first kappa shape index (κ1) is 14.9. The van der Waals surface area contributed by atoms with Gasteiger partial charge in [-0.1, -0.05) is 6.42 Å². The first-order valence-corrected chi connectivity index (χ1v) is 8.70. The van der Waals surface area contributed by atoms with E-state index in [1.54, 1.807) is 7.11 Å². The summed E-state index contributed by atoms with van der Waals surface area (Å²) in [6, 6.07) is 4.09. The predicted molar refractivity (Wildman–Crippen MR) is 85.8 cm³/mol. The van der Waals surface area contributed by atoms with Crippen molar-refractivity contribution in [2.75, 3.05) is 32.6 Å². The van der Waals surface area contributed by atoms with Crippen molar-refractivity contribution >= 4 is 11.8 Å². The van der Waals surface area contributed by atoms with Crippen molar-refractivity contribution in [2.24, 2.45) is 0 Å². The number of methoxy groups -OCH3 is 1. The van der Waals surface area contributed by atoms with Crippen molar-refractivity contribution in [2.45, 2.75) is 31.1 Å². The van der Waals surface area contributed by atoms with Gasteiger partial charge in [-0.2, -0.15) is 11.8 Å². The van der Waals surface area contributed by atoms with E-state index in [0.29, 0.717) is 13.2 Å². The first-order valence-electron chi connectivity index (χ1n) is 7.65. The minimum atomic E-state index is 0.583. The van der Waals surface area contributed by atoms with Gasteiger partial charge in [0.15, 0.2) is 11.5 Å². The summed E-state index contributed by atoms with van der Waals surface area (Å²) < 4.78 is 16.7. The molecule has 21 heavy (non-hydrogen) atoms. The van der Waals surface area contributed by atoms with Crippen LogP contribution in [0.3, 0.4) is 0 Å². The number of nitrogens with one attached hydrogen (secondary N) is 1. The third kappa shape index (κ3) is 3.77. The van der Waals surface area contributed by atoms with E-state index in [-0.39, 0.29) is 0 Å². The highest BCUT2D eigenvalue weighted by atomic mass is 32.2. The van der Waals surface area contributed by atoms with Gasteiger partial charge in [-0.3, -0.25) is 0 Å². The van der Waals surface area contributed by atoms with Crippen molar-refractivity contribution in [1.82, 2.24) is 5.32 Å². The fourth-order valence-electron chi connectivity index (χ4n) is 2.78. The molecule has 0 aromatic heterocycles. The lowest BCUT2D eigenvalue weighted by Crippen LogP contribution is -2.26. The Labute approximate surface area is 130 Å². The van der Waals surface area contributed by atoms with Crippen LogP contribution in [0.25, 0.3) is 0 Å². The largest absolute Gasteiger partial charge is 0.493 e. The monoisotopic (exact) mass is 309 g/mol. The van der Waals surface area contributed by atoms with E-state index in [1.807, 2.05) is 6.07 Å². The number of fused-ring (bicyclic) bond motifs is 1. The van der Waals surface area contributed by atoms with Gasteiger partial charge in [0.2, 0.25) is 5.75 Å². The van der Waals surface area contributed by atoms with Crippen LogP contribution in [0.4, 0.5) is 0 Å². The van der Waals surface area contributed by atoms with Gasteiger partial charge < -0.3 is 19.5 Å². The average Bonchev–Trinajstić information content (AvgIpc) is 2.55. The van der Waals surface area contributed by atoms with Crippen molar-refractivity contribution in [1.29, 1.82) is 0 Å². The zero-order valence-electron chi connectivity index (χ0n) is 12.5. The molecule has 1 aromatic carbocycles. The summed E-state index contributed by atoms with van der Waals surface area (Å²) in [5.74, 6) is 3.60. The Morgan fingerprint density at radius 1 is 1.29 bits per heavy atom. The first-order chi connectivity index (χ1) is 10.4. The summed E-state index contributed by atoms with van der Waals surface area (Å²) in [5, 5.41) is 4.32. The third-order valence-corrected chi connectivity index (χ3v) is 5.26. The van der Waals surface area contributed by atoms with Crippen LogP contribution in [0.15, 0.2) is 12.1 Å². The number of hydrogen-bond donors (Lipinski definition) is 1. The van der Waals surface area contributed by atoms with Crippen LogP contribution in [0.1, 0.15) is 24.8 Å². The minimum Gasteiger partial charge on any atom is -0.493 e. The Morgan fingerprint density at radius 2 is 2.19 bits per heavy atom. The minimum absolute atomic E-state index is 0.583. The Morgan fingerprint density at radius 3 is 3.00 bits per heavy atom. The topological polar surface area (TPSA) is 39.7 Å². The Balaban J connectivity index is 1.59. The van der Waals surface area contributed by atoms with Gasteiger partial charge in [0, 0.05) is 18.3 Å². The van der Waals surface area contributed by atoms with E-state index >= 15 is 0 Å². The molecule has 0 radical (unpaired) electrons. The smallest absolute Gasteiger partial charge is 0.203 e. The van der Waals surface area contributed by atoms with Gasteiger partial charge in [0.1, 0.15) is 13.2 Å². The summed E-state index contributed by atoms with van der Waals surface area (Å²) in [4.78, 5) is 0. The molecule has 3 rings (SSSR count). The van der Waals surface area contributed by atoms with Crippen molar-refractivity contribution in [3.05, 3.63) is 17.7 Å². The molecule has 1 unspecified atom stereocenters. The van der Waals surface area contributed by atoms with Crippen molar-refractivity contribution in [3.63, 3.8) is 0 Å². The molecule has 0 aliphatic carbocycles. The molecule has 1 atom stereocenters. The quantitative estimate of drug-likeness (QED) is 0.905. The van der Waals surface area contributed by atoms with E-state index in [0.717, 1.165) is 35.6 Å². The molecule has 2 aliphatic rings. The fourth-order valence-corrected chi connectivity index (χ4v) is 4.05. The van der Waals surface area contributed by atoms with E-state index in [4.69, 9.17) is 14.2 Å². The van der Waals surface area contributed by atoms with E-state index < -0.39 is 0 Å². The van der Waals surface area contributed by atoms with Gasteiger partial charge in [-0.05, 0) is 36.3 Å². The van der Waals surface area contributed by atoms with Gasteiger partial charge in [-0.25, -0.2) is 0 Å². The zero-order valence-corrected chi connectivity index (χ0v) is 13.3. The average molecular weight is 309 g/mol. The highest BCUT2D eigenvalue weighted by molar-refractivity contribution is 7.99. The van der Waals surface area contributed by atoms with Crippen LogP contribution < -0.4 is 19.5 Å². The third-order valence-electron chi connectivity index (χ3n) is 3.86. The van der Waals surface area contributed by atoms with Crippen LogP contribution in [-0.2, 0) is 6.54 Å². The van der Waals surface area contributed by atoms with Crippen LogP contribution in [0, 0.1) is 0 Å². The number of ether oxygens (including phenoxy) is 3. The lowest BCUT2D eigenvalue weighted by Gasteiger charge is -2.23. The van der Waals surface area contributed by atoms with Gasteiger partial charge >= 0.3 is 0 Å². The molecule has 0 bridgehead atoms. The molecule has 2 heterocycles. The lowest BCUT2D eigenvalue weighted by atomic mass is 10.1. The van der Waals surface area contributed by atoms with Crippen molar-refractivity contribution < 1.29 is 14.2 Å². The maximum absolute atomic E-state index is 5.67. The van der Waals surface area contributed by atoms with Gasteiger partial charge in [0.05, 0.1) is 7.11 Å². The maximum atomic E-state index is 5.67. The number of benzene rings is 1. The molecule has 2 aliphatic heterocycles. The normalized spacial score (nSPS) is 21.1. The summed E-state index contributed by atoms with van der Waals surface area (Å²) in [6.07, 6.45) is 4.08. The molecule has 0 amide bonds. The van der Waals surface area contributed by atoms with Crippen LogP contribution in [0.2, 0.25) is 0 Å². The van der Waals surface area contributed by atoms with Crippen LogP contribution >= 0.6 is 11.8 Å². The molecular formula is C16H23NO3S. The second-order valence-corrected chi connectivity index (χ2v) is 6.85. The zero-order chi connectivity index (χ0) is 14.5. The highest BCUT2D eigenvalue weighted by Gasteiger charge is 2.18. The number of rotatable bonds is 5. The lowest BCUT2D eigenvalue weighted by molar-refractivity contribution is 0.165. The van der Waals surface area contributed by atoms with Gasteiger partial charge in [0.25, 0.3) is 0 Å². The molecule has 4 nitrogen and oxygen atoms in total. The molecular weight excluding hydrogens is 286 g/mol. The molecule has 0 saturated carbocycles. The summed E-state index contributed by atoms with van der Waals surface area (Å²) in [7, 11) is 1.67. The van der Waals surface area contributed by atoms with Gasteiger partial charge in [-0.15, -0.1) is 0 Å². The fraction of sp³-hybridized carbons (Fsp3) is 0.625. The standard InChI is InChI=1S/C16H23NO3S/c1-18-14-8-12(9-15-16(14)20-6-5-19-15)10-17-11-13-4-2-3-7-21-13/h8-9,13,17H,2-7,10-11H2,1H3. The molecule has 1 fully saturated rings. The van der Waals surface area contributed by atoms with E-state index in [1.165, 1.54) is 30.6 Å². The summed E-state index contributed by atoms with van der Waals surface area (Å²) >= 11 is 2.10. The van der Waals surface area contributed by atoms with E-state index in [2.05, 4.69) is 23.1 Å². The highest BCUT2D eigenvalue weighted by Crippen LogP contribution is 2.40. The molecule has 116 valence electrons.